The molecule has 0 bridgehead atoms. The lowest BCUT2D eigenvalue weighted by Gasteiger charge is -2.58. The van der Waals surface area contributed by atoms with Gasteiger partial charge in [-0.2, -0.15) is 0 Å². The molecule has 0 aromatic heterocycles. The third-order valence-electron chi connectivity index (χ3n) is 11.7. The summed E-state index contributed by atoms with van der Waals surface area (Å²) in [6, 6.07) is 0. The second kappa shape index (κ2) is 12.4. The van der Waals surface area contributed by atoms with Crippen LogP contribution in [0.25, 0.3) is 0 Å². The molecular weight excluding hydrogens is 444 g/mol. The molecule has 0 aromatic rings. The van der Waals surface area contributed by atoms with Crippen molar-refractivity contribution < 1.29 is 14.6 Å². The van der Waals surface area contributed by atoms with Crippen LogP contribution < -0.4 is 0 Å². The Balaban J connectivity index is 1.23. The molecule has 36 heavy (non-hydrogen) atoms. The minimum atomic E-state index is -0.117. The first-order valence-electron chi connectivity index (χ1n) is 15.8. The molecule has 0 heterocycles. The highest BCUT2D eigenvalue weighted by molar-refractivity contribution is 5.69. The van der Waals surface area contributed by atoms with Crippen LogP contribution in [0.5, 0.6) is 0 Å². The number of unbranched alkanes of at least 4 members (excludes halogenated alkanes) is 6. The Morgan fingerprint density at radius 3 is 2.56 bits per heavy atom. The van der Waals surface area contributed by atoms with Crippen LogP contribution in [0.3, 0.4) is 0 Å². The Morgan fingerprint density at radius 1 is 1.03 bits per heavy atom. The molecule has 1 N–H and O–H groups in total. The Labute approximate surface area is 222 Å². The van der Waals surface area contributed by atoms with Gasteiger partial charge < -0.3 is 9.84 Å². The molecule has 3 fully saturated rings. The molecule has 3 saturated carbocycles. The zero-order valence-electron chi connectivity index (χ0n) is 24.0. The Kier molecular flexibility index (Phi) is 9.67. The third-order valence-corrected chi connectivity index (χ3v) is 11.7. The smallest absolute Gasteiger partial charge is 0.305 e. The number of carbonyl (C=O) groups excluding carboxylic acids is 1. The van der Waals surface area contributed by atoms with Crippen molar-refractivity contribution in [3.8, 4) is 0 Å². The predicted octanol–water partition coefficient (Wildman–Crippen LogP) is 8.64. The van der Waals surface area contributed by atoms with Crippen molar-refractivity contribution in [2.45, 2.75) is 143 Å². The van der Waals surface area contributed by atoms with Crippen molar-refractivity contribution >= 4 is 5.97 Å². The van der Waals surface area contributed by atoms with Crippen molar-refractivity contribution in [3.63, 3.8) is 0 Å². The van der Waals surface area contributed by atoms with Crippen molar-refractivity contribution in [1.82, 2.24) is 0 Å². The zero-order valence-corrected chi connectivity index (χ0v) is 24.0. The van der Waals surface area contributed by atoms with Crippen LogP contribution in [0, 0.1) is 40.4 Å². The average Bonchev–Trinajstić information content (AvgIpc) is 3.22. The highest BCUT2D eigenvalue weighted by atomic mass is 16.5. The zero-order chi connectivity index (χ0) is 25.8. The van der Waals surface area contributed by atoms with Gasteiger partial charge in [-0.05, 0) is 105 Å². The molecule has 0 radical (unpaired) electrons. The topological polar surface area (TPSA) is 46.5 Å². The summed E-state index contributed by atoms with van der Waals surface area (Å²) in [5.74, 6) is 3.81. The molecule has 8 atom stereocenters. The van der Waals surface area contributed by atoms with Gasteiger partial charge in [-0.1, -0.05) is 77.9 Å². The molecule has 4 aliphatic rings. The molecular formula is C33H56O3. The minimum absolute atomic E-state index is 0.0219. The number of aliphatic hydroxyl groups is 1. The van der Waals surface area contributed by atoms with E-state index in [0.29, 0.717) is 29.8 Å². The van der Waals surface area contributed by atoms with Crippen LogP contribution in [-0.2, 0) is 9.53 Å². The van der Waals surface area contributed by atoms with Crippen LogP contribution in [-0.4, -0.2) is 23.8 Å². The van der Waals surface area contributed by atoms with Gasteiger partial charge in [0, 0.05) is 6.42 Å². The lowest BCUT2D eigenvalue weighted by atomic mass is 9.47. The van der Waals surface area contributed by atoms with Crippen LogP contribution in [0.2, 0.25) is 0 Å². The van der Waals surface area contributed by atoms with E-state index in [1.807, 2.05) is 0 Å². The van der Waals surface area contributed by atoms with Gasteiger partial charge in [-0.25, -0.2) is 0 Å². The number of fused-ring (bicyclic) bond motifs is 5. The fourth-order valence-corrected chi connectivity index (χ4v) is 9.48. The van der Waals surface area contributed by atoms with Gasteiger partial charge in [-0.3, -0.25) is 4.79 Å². The third kappa shape index (κ3) is 5.92. The maximum Gasteiger partial charge on any atom is 0.305 e. The van der Waals surface area contributed by atoms with Crippen LogP contribution in [0.1, 0.15) is 137 Å². The van der Waals surface area contributed by atoms with Gasteiger partial charge in [0.25, 0.3) is 0 Å². The molecule has 4 aliphatic carbocycles. The van der Waals surface area contributed by atoms with Gasteiger partial charge in [0.1, 0.15) is 0 Å². The van der Waals surface area contributed by atoms with Gasteiger partial charge >= 0.3 is 5.97 Å². The number of esters is 1. The van der Waals surface area contributed by atoms with E-state index in [0.717, 1.165) is 49.4 Å². The molecule has 0 aromatic carbocycles. The first-order chi connectivity index (χ1) is 17.3. The summed E-state index contributed by atoms with van der Waals surface area (Å²) in [4.78, 5) is 12.4. The van der Waals surface area contributed by atoms with Crippen molar-refractivity contribution in [2.75, 3.05) is 6.61 Å². The van der Waals surface area contributed by atoms with Gasteiger partial charge in [0.2, 0.25) is 0 Å². The molecule has 4 rings (SSSR count). The number of carbonyl (C=O) groups is 1. The van der Waals surface area contributed by atoms with Crippen LogP contribution >= 0.6 is 0 Å². The summed E-state index contributed by atoms with van der Waals surface area (Å²) < 4.78 is 5.59. The van der Waals surface area contributed by atoms with E-state index in [1.54, 1.807) is 5.57 Å². The number of rotatable bonds is 12. The fraction of sp³-hybridized carbons (Fsp3) is 0.909. The molecule has 3 heteroatoms. The largest absolute Gasteiger partial charge is 0.466 e. The van der Waals surface area contributed by atoms with Gasteiger partial charge in [0.15, 0.2) is 0 Å². The van der Waals surface area contributed by atoms with E-state index in [4.69, 9.17) is 4.74 Å². The number of hydrogen-bond acceptors (Lipinski definition) is 3. The molecule has 3 nitrogen and oxygen atoms in total. The molecule has 0 spiro atoms. The second-order valence-electron chi connectivity index (χ2n) is 13.7. The van der Waals surface area contributed by atoms with Crippen LogP contribution in [0.4, 0.5) is 0 Å². The number of hydrogen-bond donors (Lipinski definition) is 1. The highest BCUT2D eigenvalue weighted by Gasteiger charge is 2.59. The van der Waals surface area contributed by atoms with Crippen molar-refractivity contribution in [1.29, 1.82) is 0 Å². The Bertz CT molecular complexity index is 758. The SMILES string of the molecule is CCCCCCCCCOC(=O)CC[C@@H](C)[C@H]1CC[C@H]2[C@@H]3CC=C4C[C@@H](O)CC[C@]4(C)[C@H]3CC[C@]12C. The molecule has 0 amide bonds. The van der Waals surface area contributed by atoms with E-state index in [1.165, 1.54) is 77.0 Å². The monoisotopic (exact) mass is 500 g/mol. The predicted molar refractivity (Wildman–Crippen MR) is 149 cm³/mol. The van der Waals surface area contributed by atoms with E-state index in [2.05, 4.69) is 33.8 Å². The molecule has 0 saturated heterocycles. The molecule has 0 unspecified atom stereocenters. The summed E-state index contributed by atoms with van der Waals surface area (Å²) in [5.41, 5.74) is 2.33. The second-order valence-corrected chi connectivity index (χ2v) is 13.7. The standard InChI is InChI=1S/C33H56O3/c1-5-6-7-8-9-10-11-22-36-31(35)17-12-24(2)28-15-16-29-27-14-13-25-23-26(34)18-20-32(25,3)30(27)19-21-33(28,29)4/h13,24,26-30,34H,5-12,14-23H2,1-4H3/t24-,26+,27+,28-,29+,30+,32+,33-/m1/s1. The maximum atomic E-state index is 12.4. The van der Waals surface area contributed by atoms with E-state index < -0.39 is 0 Å². The van der Waals surface area contributed by atoms with E-state index >= 15 is 0 Å². The summed E-state index contributed by atoms with van der Waals surface area (Å²) in [5, 5.41) is 10.3. The summed E-state index contributed by atoms with van der Waals surface area (Å²) >= 11 is 0. The normalized spacial score (nSPS) is 38.5. The lowest BCUT2D eigenvalue weighted by molar-refractivity contribution is -0.144. The Morgan fingerprint density at radius 2 is 1.78 bits per heavy atom. The Hall–Kier alpha value is -0.830. The van der Waals surface area contributed by atoms with Gasteiger partial charge in [-0.15, -0.1) is 0 Å². The quantitative estimate of drug-likeness (QED) is 0.166. The van der Waals surface area contributed by atoms with E-state index in [9.17, 15) is 9.90 Å². The summed E-state index contributed by atoms with van der Waals surface area (Å²) in [7, 11) is 0. The average molecular weight is 501 g/mol. The summed E-state index contributed by atoms with van der Waals surface area (Å²) in [6.07, 6.45) is 22.5. The lowest BCUT2D eigenvalue weighted by Crippen LogP contribution is -2.50. The maximum absolute atomic E-state index is 12.4. The first kappa shape index (κ1) is 28.2. The minimum Gasteiger partial charge on any atom is -0.466 e. The number of allylic oxidation sites excluding steroid dienone is 1. The fourth-order valence-electron chi connectivity index (χ4n) is 9.48. The van der Waals surface area contributed by atoms with Crippen LogP contribution in [0.15, 0.2) is 11.6 Å². The van der Waals surface area contributed by atoms with Gasteiger partial charge in [0.05, 0.1) is 12.7 Å². The molecule has 0 aliphatic heterocycles. The highest BCUT2D eigenvalue weighted by Crippen LogP contribution is 2.67. The van der Waals surface area contributed by atoms with Crippen molar-refractivity contribution in [3.05, 3.63) is 11.6 Å². The summed E-state index contributed by atoms with van der Waals surface area (Å²) in [6.45, 7) is 10.4. The van der Waals surface area contributed by atoms with Crippen molar-refractivity contribution in [2.24, 2.45) is 40.4 Å². The van der Waals surface area contributed by atoms with E-state index in [-0.39, 0.29) is 12.1 Å². The first-order valence-corrected chi connectivity index (χ1v) is 15.8. The molecule has 206 valence electrons. The number of aliphatic hydroxyl groups excluding tert-OH is 1. The number of ether oxygens (including phenoxy) is 1.